The molecular weight excluding hydrogens is 216 g/mol. The molecular formula is C5H10N2O4S2. The number of carbonyl (C=O) groups excluding carboxylic acids is 1. The lowest BCUT2D eigenvalue weighted by atomic mass is 10.8. The molecule has 76 valence electrons. The predicted molar refractivity (Wildman–Crippen MR) is 48.5 cm³/mol. The third-order valence-electron chi connectivity index (χ3n) is 1.46. The fourth-order valence-electron chi connectivity index (χ4n) is 0.798. The summed E-state index contributed by atoms with van der Waals surface area (Å²) in [5.41, 5.74) is 0. The lowest BCUT2D eigenvalue weighted by Crippen LogP contribution is -2.41. The summed E-state index contributed by atoms with van der Waals surface area (Å²) in [5.74, 6) is 1.13. The number of hydrogen-bond donors (Lipinski definition) is 1. The molecule has 0 atom stereocenters. The molecule has 1 rings (SSSR count). The monoisotopic (exact) mass is 226 g/mol. The average molecular weight is 226 g/mol. The van der Waals surface area contributed by atoms with Gasteiger partial charge in [-0.25, -0.2) is 9.52 Å². The van der Waals surface area contributed by atoms with Crippen molar-refractivity contribution in [1.82, 2.24) is 9.03 Å². The van der Waals surface area contributed by atoms with Crippen LogP contribution >= 0.6 is 11.8 Å². The molecule has 0 spiro atoms. The quantitative estimate of drug-likeness (QED) is 0.693. The van der Waals surface area contributed by atoms with Crippen molar-refractivity contribution in [3.63, 3.8) is 0 Å². The topological polar surface area (TPSA) is 75.7 Å². The molecule has 1 aliphatic heterocycles. The van der Waals surface area contributed by atoms with E-state index in [2.05, 4.69) is 4.74 Å². The molecule has 0 unspecified atom stereocenters. The van der Waals surface area contributed by atoms with Gasteiger partial charge in [0, 0.05) is 12.3 Å². The van der Waals surface area contributed by atoms with Gasteiger partial charge < -0.3 is 4.74 Å². The Bertz CT molecular complexity index is 283. The van der Waals surface area contributed by atoms with Crippen LogP contribution in [0.5, 0.6) is 0 Å². The van der Waals surface area contributed by atoms with E-state index < -0.39 is 16.3 Å². The number of hydrogen-bond acceptors (Lipinski definition) is 5. The van der Waals surface area contributed by atoms with E-state index in [-0.39, 0.29) is 0 Å². The van der Waals surface area contributed by atoms with Gasteiger partial charge in [0.1, 0.15) is 0 Å². The first-order chi connectivity index (χ1) is 6.06. The fourth-order valence-corrected chi connectivity index (χ4v) is 3.26. The number of rotatable bonds is 2. The third kappa shape index (κ3) is 2.75. The minimum Gasteiger partial charge on any atom is -0.452 e. The summed E-state index contributed by atoms with van der Waals surface area (Å²) < 4.78 is 29.7. The van der Waals surface area contributed by atoms with E-state index in [1.165, 1.54) is 16.1 Å². The van der Waals surface area contributed by atoms with E-state index in [1.807, 2.05) is 0 Å². The van der Waals surface area contributed by atoms with Crippen molar-refractivity contribution in [2.75, 3.05) is 25.3 Å². The van der Waals surface area contributed by atoms with E-state index >= 15 is 0 Å². The molecule has 0 aliphatic carbocycles. The lowest BCUT2D eigenvalue weighted by Gasteiger charge is -2.13. The molecule has 8 heteroatoms. The smallest absolute Gasteiger partial charge is 0.421 e. The molecule has 0 saturated carbocycles. The summed E-state index contributed by atoms with van der Waals surface area (Å²) in [4.78, 5) is 10.6. The van der Waals surface area contributed by atoms with E-state index in [1.54, 1.807) is 4.72 Å². The van der Waals surface area contributed by atoms with Gasteiger partial charge in [-0.05, 0) is 0 Å². The van der Waals surface area contributed by atoms with Crippen molar-refractivity contribution >= 4 is 28.1 Å². The van der Waals surface area contributed by atoms with Crippen LogP contribution in [0.4, 0.5) is 4.79 Å². The van der Waals surface area contributed by atoms with E-state index in [9.17, 15) is 13.2 Å². The van der Waals surface area contributed by atoms with Gasteiger partial charge in [0.25, 0.3) is 0 Å². The molecule has 1 fully saturated rings. The normalized spacial score (nSPS) is 18.5. The summed E-state index contributed by atoms with van der Waals surface area (Å²) >= 11 is 1.50. The van der Waals surface area contributed by atoms with E-state index in [0.29, 0.717) is 12.4 Å². The van der Waals surface area contributed by atoms with Gasteiger partial charge >= 0.3 is 16.3 Å². The number of thioether (sulfide) groups is 1. The molecule has 1 heterocycles. The van der Waals surface area contributed by atoms with Crippen LogP contribution in [0, 0.1) is 0 Å². The van der Waals surface area contributed by atoms with Gasteiger partial charge in [-0.3, -0.25) is 0 Å². The van der Waals surface area contributed by atoms with Gasteiger partial charge in [-0.15, -0.1) is 11.8 Å². The predicted octanol–water partition coefficient (Wildman–Crippen LogP) is -0.406. The SMILES string of the molecule is COC(=O)NS(=O)(=O)N1CCSC1. The summed E-state index contributed by atoms with van der Waals surface area (Å²) in [6.07, 6.45) is -0.961. The first-order valence-electron chi connectivity index (χ1n) is 3.50. The van der Waals surface area contributed by atoms with Gasteiger partial charge in [-0.2, -0.15) is 12.7 Å². The summed E-state index contributed by atoms with van der Waals surface area (Å²) in [7, 11) is -2.57. The number of carbonyl (C=O) groups is 1. The van der Waals surface area contributed by atoms with Crippen LogP contribution in [0.3, 0.4) is 0 Å². The van der Waals surface area contributed by atoms with Crippen LogP contribution in [0.1, 0.15) is 0 Å². The van der Waals surface area contributed by atoms with Gasteiger partial charge in [-0.1, -0.05) is 0 Å². The second kappa shape index (κ2) is 4.16. The Kier molecular flexibility index (Phi) is 3.40. The Morgan fingerprint density at radius 2 is 2.31 bits per heavy atom. The molecule has 0 aromatic rings. The zero-order valence-corrected chi connectivity index (χ0v) is 8.65. The molecule has 0 radical (unpaired) electrons. The van der Waals surface area contributed by atoms with E-state index in [0.717, 1.165) is 12.9 Å². The Hall–Kier alpha value is -0.470. The Morgan fingerprint density at radius 1 is 1.62 bits per heavy atom. The Labute approximate surface area is 80.8 Å². The Balaban J connectivity index is 2.60. The average Bonchev–Trinajstić information content (AvgIpc) is 2.55. The van der Waals surface area contributed by atoms with Crippen LogP contribution in [-0.2, 0) is 14.9 Å². The van der Waals surface area contributed by atoms with Crippen molar-refractivity contribution in [2.45, 2.75) is 0 Å². The molecule has 0 aromatic carbocycles. The second-order valence-electron chi connectivity index (χ2n) is 2.31. The van der Waals surface area contributed by atoms with Crippen molar-refractivity contribution in [3.05, 3.63) is 0 Å². The third-order valence-corrected chi connectivity index (χ3v) is 4.00. The first kappa shape index (κ1) is 10.6. The van der Waals surface area contributed by atoms with Crippen LogP contribution in [0.25, 0.3) is 0 Å². The van der Waals surface area contributed by atoms with Crippen molar-refractivity contribution in [3.8, 4) is 0 Å². The number of amides is 1. The fraction of sp³-hybridized carbons (Fsp3) is 0.800. The standard InChI is InChI=1S/C5H10N2O4S2/c1-11-5(8)6-13(9,10)7-2-3-12-4-7/h2-4H2,1H3,(H,6,8). The summed E-state index contributed by atoms with van der Waals surface area (Å²) in [6, 6.07) is 0. The van der Waals surface area contributed by atoms with Gasteiger partial charge in [0.15, 0.2) is 0 Å². The zero-order chi connectivity index (χ0) is 9.90. The highest BCUT2D eigenvalue weighted by atomic mass is 32.2. The van der Waals surface area contributed by atoms with Crippen LogP contribution in [0.2, 0.25) is 0 Å². The number of ether oxygens (including phenoxy) is 1. The highest BCUT2D eigenvalue weighted by molar-refractivity contribution is 8.00. The van der Waals surface area contributed by atoms with Crippen molar-refractivity contribution in [1.29, 1.82) is 0 Å². The molecule has 1 aliphatic rings. The Morgan fingerprint density at radius 3 is 2.77 bits per heavy atom. The minimum absolute atomic E-state index is 0.381. The van der Waals surface area contributed by atoms with Crippen molar-refractivity contribution < 1.29 is 17.9 Å². The van der Waals surface area contributed by atoms with Crippen LogP contribution in [-0.4, -0.2) is 44.1 Å². The summed E-state index contributed by atoms with van der Waals surface area (Å²) in [5, 5.41) is 0. The molecule has 1 amide bonds. The first-order valence-corrected chi connectivity index (χ1v) is 6.09. The molecule has 6 nitrogen and oxygen atoms in total. The highest BCUT2D eigenvalue weighted by Gasteiger charge is 2.27. The zero-order valence-electron chi connectivity index (χ0n) is 7.02. The molecule has 0 bridgehead atoms. The largest absolute Gasteiger partial charge is 0.452 e. The summed E-state index contributed by atoms with van der Waals surface area (Å²) in [6.45, 7) is 0.428. The molecule has 13 heavy (non-hydrogen) atoms. The van der Waals surface area contributed by atoms with Crippen LogP contribution in [0.15, 0.2) is 0 Å². The number of nitrogens with one attached hydrogen (secondary N) is 1. The lowest BCUT2D eigenvalue weighted by molar-refractivity contribution is 0.177. The maximum absolute atomic E-state index is 11.3. The van der Waals surface area contributed by atoms with Gasteiger partial charge in [0.05, 0.1) is 13.0 Å². The maximum atomic E-state index is 11.3. The number of methoxy groups -OCH3 is 1. The molecule has 0 aromatic heterocycles. The van der Waals surface area contributed by atoms with Gasteiger partial charge in [0.2, 0.25) is 0 Å². The molecule has 1 saturated heterocycles. The number of nitrogens with zero attached hydrogens (tertiary/aromatic N) is 1. The van der Waals surface area contributed by atoms with Crippen molar-refractivity contribution in [2.24, 2.45) is 0 Å². The van der Waals surface area contributed by atoms with Crippen LogP contribution < -0.4 is 4.72 Å². The maximum Gasteiger partial charge on any atom is 0.421 e. The minimum atomic E-state index is -3.68. The molecule has 1 N–H and O–H groups in total. The highest BCUT2D eigenvalue weighted by Crippen LogP contribution is 2.15. The second-order valence-corrected chi connectivity index (χ2v) is 5.06. The van der Waals surface area contributed by atoms with E-state index in [4.69, 9.17) is 0 Å².